The molecule has 0 aliphatic carbocycles. The lowest BCUT2D eigenvalue weighted by atomic mass is 10.1. The number of hydrogen-bond acceptors (Lipinski definition) is 4. The van der Waals surface area contributed by atoms with Crippen LogP contribution >= 0.6 is 12.4 Å². The van der Waals surface area contributed by atoms with Crippen molar-refractivity contribution < 1.29 is 14.3 Å². The lowest BCUT2D eigenvalue weighted by Crippen LogP contribution is -2.28. The average molecular weight is 358 g/mol. The monoisotopic (exact) mass is 357 g/mol. The molecule has 1 atom stereocenters. The first-order valence-corrected chi connectivity index (χ1v) is 7.79. The lowest BCUT2D eigenvalue weighted by Gasteiger charge is -2.14. The van der Waals surface area contributed by atoms with Crippen molar-refractivity contribution >= 4 is 29.9 Å². The van der Waals surface area contributed by atoms with Crippen LogP contribution in [-0.4, -0.2) is 38.1 Å². The van der Waals surface area contributed by atoms with E-state index in [4.69, 9.17) is 10.5 Å². The Kier molecular flexibility index (Phi) is 10.3. The normalized spacial score (nSPS) is 11.6. The summed E-state index contributed by atoms with van der Waals surface area (Å²) in [7, 11) is 1.53. The summed E-state index contributed by atoms with van der Waals surface area (Å²) in [5.41, 5.74) is 7.60. The van der Waals surface area contributed by atoms with Crippen LogP contribution in [0.2, 0.25) is 0 Å². The molecule has 136 valence electrons. The van der Waals surface area contributed by atoms with E-state index in [-0.39, 0.29) is 43.3 Å². The van der Waals surface area contributed by atoms with Crippen molar-refractivity contribution in [3.8, 4) is 0 Å². The van der Waals surface area contributed by atoms with Gasteiger partial charge in [0.2, 0.25) is 5.91 Å². The number of nitrogens with two attached hydrogens (primary N) is 1. The highest BCUT2D eigenvalue weighted by Gasteiger charge is 2.13. The molecular weight excluding hydrogens is 330 g/mol. The minimum Gasteiger partial charge on any atom is -0.380 e. The van der Waals surface area contributed by atoms with Crippen LogP contribution in [0.4, 0.5) is 5.69 Å². The fourth-order valence-corrected chi connectivity index (χ4v) is 2.01. The molecule has 0 radical (unpaired) electrons. The molecule has 7 heteroatoms. The fraction of sp³-hybridized carbons (Fsp3) is 0.529. The first kappa shape index (κ1) is 22.4. The number of nitrogens with one attached hydrogen (secondary N) is 2. The number of rotatable bonds is 8. The van der Waals surface area contributed by atoms with Crippen LogP contribution in [0.25, 0.3) is 0 Å². The van der Waals surface area contributed by atoms with Crippen LogP contribution in [0.1, 0.15) is 36.2 Å². The molecular formula is C17H28ClN3O3. The molecule has 0 bridgehead atoms. The number of ether oxygens (including phenoxy) is 1. The van der Waals surface area contributed by atoms with Crippen molar-refractivity contribution in [1.29, 1.82) is 0 Å². The molecule has 6 nitrogen and oxygen atoms in total. The van der Waals surface area contributed by atoms with E-state index in [1.165, 1.54) is 7.11 Å². The molecule has 0 spiro atoms. The highest BCUT2D eigenvalue weighted by atomic mass is 35.5. The van der Waals surface area contributed by atoms with Crippen molar-refractivity contribution in [2.45, 2.75) is 33.3 Å². The zero-order valence-electron chi connectivity index (χ0n) is 14.7. The lowest BCUT2D eigenvalue weighted by molar-refractivity contribution is -0.118. The second-order valence-electron chi connectivity index (χ2n) is 5.98. The molecule has 1 aromatic carbocycles. The van der Waals surface area contributed by atoms with Crippen molar-refractivity contribution in [3.05, 3.63) is 29.3 Å². The predicted molar refractivity (Wildman–Crippen MR) is 98.7 cm³/mol. The summed E-state index contributed by atoms with van der Waals surface area (Å²) < 4.78 is 5.10. The number of anilines is 1. The van der Waals surface area contributed by atoms with Crippen LogP contribution < -0.4 is 16.4 Å². The van der Waals surface area contributed by atoms with Gasteiger partial charge in [-0.2, -0.15) is 0 Å². The van der Waals surface area contributed by atoms with Crippen LogP contribution in [0.3, 0.4) is 0 Å². The third kappa shape index (κ3) is 7.29. The molecule has 2 amide bonds. The summed E-state index contributed by atoms with van der Waals surface area (Å²) in [6.45, 7) is 6.86. The molecule has 0 fully saturated rings. The summed E-state index contributed by atoms with van der Waals surface area (Å²) in [4.78, 5) is 24.0. The summed E-state index contributed by atoms with van der Waals surface area (Å²) in [6, 6.07) is 5.21. The first-order chi connectivity index (χ1) is 10.9. The minimum absolute atomic E-state index is 0. The molecule has 0 aliphatic heterocycles. The van der Waals surface area contributed by atoms with Gasteiger partial charge < -0.3 is 21.1 Å². The predicted octanol–water partition coefficient (Wildman–Crippen LogP) is 2.10. The molecule has 0 saturated carbocycles. The Morgan fingerprint density at radius 3 is 2.46 bits per heavy atom. The van der Waals surface area contributed by atoms with Gasteiger partial charge in [0.05, 0.1) is 12.5 Å². The van der Waals surface area contributed by atoms with E-state index in [0.717, 1.165) is 5.56 Å². The van der Waals surface area contributed by atoms with E-state index in [1.807, 2.05) is 20.8 Å². The van der Waals surface area contributed by atoms with Crippen LogP contribution in [0.15, 0.2) is 18.2 Å². The van der Waals surface area contributed by atoms with Crippen LogP contribution in [0.5, 0.6) is 0 Å². The van der Waals surface area contributed by atoms with Gasteiger partial charge in [0.1, 0.15) is 0 Å². The Labute approximate surface area is 149 Å². The maximum atomic E-state index is 12.0. The van der Waals surface area contributed by atoms with E-state index < -0.39 is 0 Å². The SMILES string of the molecule is COC(CN)CC(=O)Nc1ccc(C(=O)NCC(C)C)cc1C.Cl. The zero-order chi connectivity index (χ0) is 17.4. The molecule has 4 N–H and O–H groups in total. The van der Waals surface area contributed by atoms with E-state index in [0.29, 0.717) is 23.7 Å². The summed E-state index contributed by atoms with van der Waals surface area (Å²) in [5.74, 6) is 0.125. The molecule has 0 saturated heterocycles. The first-order valence-electron chi connectivity index (χ1n) is 7.79. The standard InChI is InChI=1S/C17H27N3O3.ClH/c1-11(2)10-19-17(22)13-5-6-15(12(3)7-13)20-16(21)8-14(9-18)23-4;/h5-7,11,14H,8-10,18H2,1-4H3,(H,19,22)(H,20,21);1H. The van der Waals surface area contributed by atoms with Gasteiger partial charge >= 0.3 is 0 Å². The largest absolute Gasteiger partial charge is 0.380 e. The Bertz CT molecular complexity index is 546. The van der Waals surface area contributed by atoms with Crippen molar-refractivity contribution in [1.82, 2.24) is 5.32 Å². The highest BCUT2D eigenvalue weighted by molar-refractivity contribution is 5.96. The summed E-state index contributed by atoms with van der Waals surface area (Å²) in [6.07, 6.45) is -0.0975. The minimum atomic E-state index is -0.295. The van der Waals surface area contributed by atoms with E-state index in [1.54, 1.807) is 18.2 Å². The second kappa shape index (κ2) is 11.0. The second-order valence-corrected chi connectivity index (χ2v) is 5.98. The molecule has 0 heterocycles. The molecule has 0 aliphatic rings. The highest BCUT2D eigenvalue weighted by Crippen LogP contribution is 2.17. The summed E-state index contributed by atoms with van der Waals surface area (Å²) in [5, 5.41) is 5.69. The van der Waals surface area contributed by atoms with Gasteiger partial charge in [-0.25, -0.2) is 0 Å². The van der Waals surface area contributed by atoms with Crippen molar-refractivity contribution in [2.75, 3.05) is 25.5 Å². The number of benzene rings is 1. The van der Waals surface area contributed by atoms with Gasteiger partial charge in [-0.1, -0.05) is 13.8 Å². The number of carbonyl (C=O) groups excluding carboxylic acids is 2. The van der Waals surface area contributed by atoms with Crippen molar-refractivity contribution in [2.24, 2.45) is 11.7 Å². The van der Waals surface area contributed by atoms with E-state index >= 15 is 0 Å². The maximum Gasteiger partial charge on any atom is 0.251 e. The molecule has 0 aromatic heterocycles. The fourth-order valence-electron chi connectivity index (χ4n) is 2.01. The molecule has 24 heavy (non-hydrogen) atoms. The quantitative estimate of drug-likeness (QED) is 0.664. The molecule has 1 rings (SSSR count). The summed E-state index contributed by atoms with van der Waals surface area (Å²) >= 11 is 0. The number of hydrogen-bond donors (Lipinski definition) is 3. The van der Waals surface area contributed by atoms with Gasteiger partial charge in [-0.3, -0.25) is 9.59 Å². The Hall–Kier alpha value is -1.63. The molecule has 1 aromatic rings. The van der Waals surface area contributed by atoms with Gasteiger partial charge in [0.15, 0.2) is 0 Å². The zero-order valence-corrected chi connectivity index (χ0v) is 15.5. The van der Waals surface area contributed by atoms with Gasteiger partial charge in [0, 0.05) is 31.5 Å². The van der Waals surface area contributed by atoms with E-state index in [2.05, 4.69) is 10.6 Å². The van der Waals surface area contributed by atoms with Crippen LogP contribution in [-0.2, 0) is 9.53 Å². The average Bonchev–Trinajstić information content (AvgIpc) is 2.52. The smallest absolute Gasteiger partial charge is 0.251 e. The van der Waals surface area contributed by atoms with Crippen LogP contribution in [0, 0.1) is 12.8 Å². The maximum absolute atomic E-state index is 12.0. The number of amides is 2. The van der Waals surface area contributed by atoms with Gasteiger partial charge in [-0.05, 0) is 36.6 Å². The Morgan fingerprint density at radius 2 is 1.96 bits per heavy atom. The van der Waals surface area contributed by atoms with Crippen molar-refractivity contribution in [3.63, 3.8) is 0 Å². The topological polar surface area (TPSA) is 93.4 Å². The van der Waals surface area contributed by atoms with Gasteiger partial charge in [0.25, 0.3) is 5.91 Å². The van der Waals surface area contributed by atoms with E-state index in [9.17, 15) is 9.59 Å². The number of methoxy groups -OCH3 is 1. The van der Waals surface area contributed by atoms with Gasteiger partial charge in [-0.15, -0.1) is 12.4 Å². The number of aryl methyl sites for hydroxylation is 1. The third-order valence-corrected chi connectivity index (χ3v) is 3.44. The number of carbonyl (C=O) groups is 2. The Balaban J connectivity index is 0.00000529. The molecule has 1 unspecified atom stereocenters. The Morgan fingerprint density at radius 1 is 1.29 bits per heavy atom. The number of halogens is 1. The third-order valence-electron chi connectivity index (χ3n) is 3.44.